The normalized spacial score (nSPS) is 11.8. The topological polar surface area (TPSA) is 35.8 Å². The number of nitrogens with zero attached hydrogens (tertiary/aromatic N) is 1. The molecule has 0 aliphatic rings. The Hall–Kier alpha value is -0.830. The van der Waals surface area contributed by atoms with Gasteiger partial charge in [0.1, 0.15) is 0 Å². The molecule has 2 nitrogen and oxygen atoms in total. The third-order valence-electron chi connectivity index (χ3n) is 2.91. The van der Waals surface area contributed by atoms with E-state index in [2.05, 4.69) is 66.1 Å². The molecule has 1 unspecified atom stereocenters. The third kappa shape index (κ3) is 3.63. The minimum Gasteiger partial charge on any atom is -0.377 e. The number of nitrogens with one attached hydrogen (secondary N) is 1. The summed E-state index contributed by atoms with van der Waals surface area (Å²) in [5.41, 5.74) is 2.81. The number of benzene rings is 2. The predicted molar refractivity (Wildman–Crippen MR) is 92.7 cm³/mol. The lowest BCUT2D eigenvalue weighted by Gasteiger charge is -2.18. The Bertz CT molecular complexity index is 637. The Morgan fingerprint density at radius 2 is 1.60 bits per heavy atom. The number of hydrogen-bond acceptors (Lipinski definition) is 2. The van der Waals surface area contributed by atoms with Gasteiger partial charge in [-0.3, -0.25) is 0 Å². The zero-order valence-corrected chi connectivity index (χ0v) is 15.4. The fourth-order valence-corrected chi connectivity index (χ4v) is 4.31. The van der Waals surface area contributed by atoms with E-state index in [9.17, 15) is 0 Å². The van der Waals surface area contributed by atoms with Crippen molar-refractivity contribution in [2.45, 2.75) is 13.0 Å². The highest BCUT2D eigenvalue weighted by Crippen LogP contribution is 2.36. The lowest BCUT2D eigenvalue weighted by Crippen LogP contribution is -2.07. The van der Waals surface area contributed by atoms with E-state index >= 15 is 0 Å². The van der Waals surface area contributed by atoms with Crippen molar-refractivity contribution in [1.82, 2.24) is 0 Å². The molecule has 0 aromatic heterocycles. The molecule has 0 fully saturated rings. The molecule has 2 rings (SSSR count). The van der Waals surface area contributed by atoms with Gasteiger partial charge in [0.05, 0.1) is 17.3 Å². The van der Waals surface area contributed by atoms with E-state index in [1.807, 2.05) is 36.4 Å². The van der Waals surface area contributed by atoms with Gasteiger partial charge in [0, 0.05) is 19.5 Å². The minimum absolute atomic E-state index is 0.136. The van der Waals surface area contributed by atoms with E-state index < -0.39 is 0 Å². The summed E-state index contributed by atoms with van der Waals surface area (Å²) in [5, 5.41) is 12.3. The number of rotatable bonds is 3. The maximum atomic E-state index is 8.82. The summed E-state index contributed by atoms with van der Waals surface area (Å²) < 4.78 is 2.98. The lowest BCUT2D eigenvalue weighted by molar-refractivity contribution is 0.882. The highest BCUT2D eigenvalue weighted by atomic mass is 79.9. The van der Waals surface area contributed by atoms with E-state index in [4.69, 9.17) is 5.26 Å². The Kier molecular flexibility index (Phi) is 5.25. The van der Waals surface area contributed by atoms with Crippen LogP contribution < -0.4 is 5.32 Å². The molecular weight excluding hydrogens is 448 g/mol. The molecule has 102 valence electrons. The molecule has 2 aromatic rings. The van der Waals surface area contributed by atoms with Crippen molar-refractivity contribution >= 4 is 53.5 Å². The smallest absolute Gasteiger partial charge is 0.0991 e. The Morgan fingerprint density at radius 1 is 1.05 bits per heavy atom. The molecule has 1 N–H and O–H groups in total. The molecule has 0 saturated carbocycles. The molecule has 1 atom stereocenters. The van der Waals surface area contributed by atoms with Crippen LogP contribution in [-0.2, 0) is 0 Å². The summed E-state index contributed by atoms with van der Waals surface area (Å²) in [7, 11) is 0. The van der Waals surface area contributed by atoms with Gasteiger partial charge in [0.2, 0.25) is 0 Å². The summed E-state index contributed by atoms with van der Waals surface area (Å²) >= 11 is 10.6. The van der Waals surface area contributed by atoms with Crippen LogP contribution in [-0.4, -0.2) is 0 Å². The SMILES string of the molecule is CC(Nc1c(Br)cc(Br)cc1Br)c1ccc(C#N)cc1. The minimum atomic E-state index is 0.136. The zero-order valence-electron chi connectivity index (χ0n) is 10.6. The Labute approximate surface area is 143 Å². The summed E-state index contributed by atoms with van der Waals surface area (Å²) in [5.74, 6) is 0. The summed E-state index contributed by atoms with van der Waals surface area (Å²) in [6, 6.07) is 13.9. The van der Waals surface area contributed by atoms with Gasteiger partial charge in [-0.2, -0.15) is 5.26 Å². The number of halogens is 3. The van der Waals surface area contributed by atoms with Crippen molar-refractivity contribution in [3.63, 3.8) is 0 Å². The molecule has 0 saturated heterocycles. The van der Waals surface area contributed by atoms with Crippen molar-refractivity contribution in [2.75, 3.05) is 5.32 Å². The standard InChI is InChI=1S/C15H11Br3N2/c1-9(11-4-2-10(8-19)3-5-11)20-15-13(17)6-12(16)7-14(15)18/h2-7,9,20H,1H3. The fourth-order valence-electron chi connectivity index (χ4n) is 1.83. The maximum Gasteiger partial charge on any atom is 0.0991 e. The molecule has 20 heavy (non-hydrogen) atoms. The van der Waals surface area contributed by atoms with Crippen LogP contribution in [0.2, 0.25) is 0 Å². The molecule has 0 heterocycles. The molecule has 2 aromatic carbocycles. The monoisotopic (exact) mass is 456 g/mol. The average Bonchev–Trinajstić information content (AvgIpc) is 2.42. The molecule has 0 aliphatic carbocycles. The molecule has 0 spiro atoms. The highest BCUT2D eigenvalue weighted by molar-refractivity contribution is 9.11. The molecule has 5 heteroatoms. The van der Waals surface area contributed by atoms with Gasteiger partial charge in [-0.05, 0) is 68.6 Å². The van der Waals surface area contributed by atoms with Gasteiger partial charge in [-0.1, -0.05) is 28.1 Å². The molecular formula is C15H11Br3N2. The van der Waals surface area contributed by atoms with Crippen LogP contribution in [0.15, 0.2) is 49.8 Å². The second kappa shape index (κ2) is 6.75. The van der Waals surface area contributed by atoms with E-state index in [1.54, 1.807) is 0 Å². The fraction of sp³-hybridized carbons (Fsp3) is 0.133. The third-order valence-corrected chi connectivity index (χ3v) is 4.62. The quantitative estimate of drug-likeness (QED) is 0.610. The van der Waals surface area contributed by atoms with Gasteiger partial charge in [-0.25, -0.2) is 0 Å². The first kappa shape index (κ1) is 15.6. The lowest BCUT2D eigenvalue weighted by atomic mass is 10.1. The first-order chi connectivity index (χ1) is 9.51. The van der Waals surface area contributed by atoms with Crippen LogP contribution in [0.1, 0.15) is 24.1 Å². The van der Waals surface area contributed by atoms with Crippen molar-refractivity contribution in [2.24, 2.45) is 0 Å². The van der Waals surface area contributed by atoms with E-state index in [0.717, 1.165) is 24.7 Å². The van der Waals surface area contributed by atoms with Crippen molar-refractivity contribution in [1.29, 1.82) is 5.26 Å². The van der Waals surface area contributed by atoms with Crippen molar-refractivity contribution in [3.8, 4) is 6.07 Å². The van der Waals surface area contributed by atoms with Crippen LogP contribution in [0.25, 0.3) is 0 Å². The second-order valence-electron chi connectivity index (χ2n) is 4.34. The summed E-state index contributed by atoms with van der Waals surface area (Å²) in [6.07, 6.45) is 0. The van der Waals surface area contributed by atoms with Gasteiger partial charge in [0.15, 0.2) is 0 Å². The molecule has 0 radical (unpaired) electrons. The Balaban J connectivity index is 2.23. The van der Waals surface area contributed by atoms with Crippen LogP contribution in [0.5, 0.6) is 0 Å². The predicted octanol–water partition coefficient (Wildman–Crippen LogP) is 6.02. The van der Waals surface area contributed by atoms with Gasteiger partial charge in [-0.15, -0.1) is 0 Å². The molecule has 0 bridgehead atoms. The van der Waals surface area contributed by atoms with Gasteiger partial charge < -0.3 is 5.32 Å². The van der Waals surface area contributed by atoms with Crippen LogP contribution in [0, 0.1) is 11.3 Å². The van der Waals surface area contributed by atoms with E-state index in [1.165, 1.54) is 0 Å². The largest absolute Gasteiger partial charge is 0.377 e. The summed E-state index contributed by atoms with van der Waals surface area (Å²) in [6.45, 7) is 2.09. The van der Waals surface area contributed by atoms with Crippen molar-refractivity contribution < 1.29 is 0 Å². The van der Waals surface area contributed by atoms with Gasteiger partial charge >= 0.3 is 0 Å². The van der Waals surface area contributed by atoms with Crippen LogP contribution in [0.3, 0.4) is 0 Å². The van der Waals surface area contributed by atoms with Crippen LogP contribution in [0.4, 0.5) is 5.69 Å². The van der Waals surface area contributed by atoms with E-state index in [-0.39, 0.29) is 6.04 Å². The zero-order chi connectivity index (χ0) is 14.7. The Morgan fingerprint density at radius 3 is 2.10 bits per heavy atom. The first-order valence-electron chi connectivity index (χ1n) is 5.92. The number of hydrogen-bond donors (Lipinski definition) is 1. The van der Waals surface area contributed by atoms with E-state index in [0.29, 0.717) is 5.56 Å². The average molecular weight is 459 g/mol. The second-order valence-corrected chi connectivity index (χ2v) is 6.97. The molecule has 0 aliphatic heterocycles. The molecule has 0 amide bonds. The van der Waals surface area contributed by atoms with Gasteiger partial charge in [0.25, 0.3) is 0 Å². The maximum absolute atomic E-state index is 8.82. The van der Waals surface area contributed by atoms with Crippen LogP contribution >= 0.6 is 47.8 Å². The first-order valence-corrected chi connectivity index (χ1v) is 8.30. The summed E-state index contributed by atoms with van der Waals surface area (Å²) in [4.78, 5) is 0. The number of anilines is 1. The van der Waals surface area contributed by atoms with Crippen molar-refractivity contribution in [3.05, 3.63) is 60.9 Å². The number of nitriles is 1. The highest BCUT2D eigenvalue weighted by Gasteiger charge is 2.11.